The molecule has 2 rings (SSSR count). The van der Waals surface area contributed by atoms with Crippen LogP contribution in [0.5, 0.6) is 0 Å². The number of nitrogens with zero attached hydrogens (tertiary/aromatic N) is 1. The summed E-state index contributed by atoms with van der Waals surface area (Å²) >= 11 is 0. The number of hydrogen-bond acceptors (Lipinski definition) is 5. The van der Waals surface area contributed by atoms with Gasteiger partial charge in [-0.25, -0.2) is 0 Å². The van der Waals surface area contributed by atoms with Gasteiger partial charge in [0.05, 0.1) is 6.61 Å². The number of methoxy groups -OCH3 is 1. The molecule has 5 nitrogen and oxygen atoms in total. The van der Waals surface area contributed by atoms with Crippen LogP contribution in [0.15, 0.2) is 0 Å². The first kappa shape index (κ1) is 25.5. The second-order valence-electron chi connectivity index (χ2n) is 10.0. The van der Waals surface area contributed by atoms with Crippen LogP contribution in [0.2, 0.25) is 0 Å². The van der Waals surface area contributed by atoms with E-state index in [1.165, 1.54) is 0 Å². The summed E-state index contributed by atoms with van der Waals surface area (Å²) < 4.78 is 5.39. The number of aliphatic hydroxyl groups is 2. The van der Waals surface area contributed by atoms with Crippen molar-refractivity contribution in [1.82, 2.24) is 4.90 Å². The van der Waals surface area contributed by atoms with Crippen LogP contribution in [-0.4, -0.2) is 68.0 Å². The molecule has 2 saturated carbocycles. The van der Waals surface area contributed by atoms with Crippen LogP contribution in [0.1, 0.15) is 72.6 Å². The number of hydrogen-bond donors (Lipinski definition) is 2. The van der Waals surface area contributed by atoms with Gasteiger partial charge >= 0.3 is 0 Å². The van der Waals surface area contributed by atoms with Gasteiger partial charge in [0, 0.05) is 26.7 Å². The smallest absolute Gasteiger partial charge is 0.120 e. The monoisotopic (exact) mass is 399 g/mol. The predicted octanol–water partition coefficient (Wildman–Crippen LogP) is 3.52. The van der Waals surface area contributed by atoms with Gasteiger partial charge in [-0.1, -0.05) is 27.7 Å². The van der Waals surface area contributed by atoms with Crippen LogP contribution >= 0.6 is 0 Å². The average Bonchev–Trinajstić information content (AvgIpc) is 2.65. The van der Waals surface area contributed by atoms with Gasteiger partial charge in [0.2, 0.25) is 0 Å². The first-order valence-electron chi connectivity index (χ1n) is 11.1. The quantitative estimate of drug-likeness (QED) is 0.434. The van der Waals surface area contributed by atoms with Gasteiger partial charge < -0.3 is 24.6 Å². The third-order valence-corrected chi connectivity index (χ3v) is 6.79. The molecule has 166 valence electrons. The number of ether oxygens (including phenoxy) is 1. The molecule has 0 aromatic carbocycles. The van der Waals surface area contributed by atoms with E-state index in [1.807, 2.05) is 0 Å². The van der Waals surface area contributed by atoms with Crippen LogP contribution < -0.4 is 0 Å². The van der Waals surface area contributed by atoms with E-state index in [-0.39, 0.29) is 29.5 Å². The fourth-order valence-electron chi connectivity index (χ4n) is 6.08. The number of fused-ring (bicyclic) bond motifs is 2. The first-order valence-corrected chi connectivity index (χ1v) is 11.1. The molecule has 2 fully saturated rings. The van der Waals surface area contributed by atoms with E-state index in [9.17, 15) is 15.0 Å². The molecule has 0 spiro atoms. The van der Waals surface area contributed by atoms with E-state index in [4.69, 9.17) is 4.74 Å². The molecule has 0 aromatic heterocycles. The van der Waals surface area contributed by atoms with Gasteiger partial charge in [-0.2, -0.15) is 0 Å². The van der Waals surface area contributed by atoms with Crippen molar-refractivity contribution in [2.45, 2.75) is 72.6 Å². The van der Waals surface area contributed by atoms with Crippen molar-refractivity contribution in [3.05, 3.63) is 0 Å². The Hall–Kier alpha value is -0.490. The van der Waals surface area contributed by atoms with Crippen molar-refractivity contribution in [3.8, 4) is 0 Å². The summed E-state index contributed by atoms with van der Waals surface area (Å²) in [5.41, 5.74) is 0.198. The predicted molar refractivity (Wildman–Crippen MR) is 114 cm³/mol. The van der Waals surface area contributed by atoms with E-state index < -0.39 is 0 Å². The highest BCUT2D eigenvalue weighted by Gasteiger charge is 2.53. The minimum Gasteiger partial charge on any atom is -0.396 e. The van der Waals surface area contributed by atoms with Crippen molar-refractivity contribution < 1.29 is 19.7 Å². The maximum Gasteiger partial charge on any atom is 0.120 e. The Balaban J connectivity index is 0.000000336. The summed E-state index contributed by atoms with van der Waals surface area (Å²) in [5.74, 6) is 0.622. The summed E-state index contributed by atoms with van der Waals surface area (Å²) in [4.78, 5) is 12.3. The van der Waals surface area contributed by atoms with Crippen molar-refractivity contribution in [2.75, 3.05) is 46.6 Å². The largest absolute Gasteiger partial charge is 0.396 e. The minimum atomic E-state index is 0.0000481. The number of unbranched alkanes of at least 4 members (excludes halogenated alkanes) is 1. The van der Waals surface area contributed by atoms with Gasteiger partial charge in [0.1, 0.15) is 6.29 Å². The summed E-state index contributed by atoms with van der Waals surface area (Å²) in [6.07, 6.45) is 8.05. The molecule has 0 aliphatic heterocycles. The zero-order chi connectivity index (χ0) is 21.3. The lowest BCUT2D eigenvalue weighted by Gasteiger charge is -2.57. The van der Waals surface area contributed by atoms with E-state index >= 15 is 0 Å². The molecule has 4 unspecified atom stereocenters. The lowest BCUT2D eigenvalue weighted by Crippen LogP contribution is -2.51. The van der Waals surface area contributed by atoms with Crippen LogP contribution in [-0.2, 0) is 9.53 Å². The summed E-state index contributed by atoms with van der Waals surface area (Å²) in [6, 6.07) is 0. The molecule has 0 amide bonds. The Bertz CT molecular complexity index is 454. The van der Waals surface area contributed by atoms with Gasteiger partial charge in [-0.05, 0) is 80.3 Å². The van der Waals surface area contributed by atoms with Crippen molar-refractivity contribution in [1.29, 1.82) is 0 Å². The zero-order valence-corrected chi connectivity index (χ0v) is 19.0. The molecule has 2 aliphatic carbocycles. The summed E-state index contributed by atoms with van der Waals surface area (Å²) in [5, 5.41) is 19.5. The Morgan fingerprint density at radius 2 is 1.64 bits per heavy atom. The molecular weight excluding hydrogens is 354 g/mol. The van der Waals surface area contributed by atoms with Crippen LogP contribution in [0.4, 0.5) is 0 Å². The third-order valence-electron chi connectivity index (χ3n) is 6.79. The van der Waals surface area contributed by atoms with Crippen LogP contribution in [0.25, 0.3) is 0 Å². The van der Waals surface area contributed by atoms with Crippen molar-refractivity contribution >= 4 is 6.29 Å². The highest BCUT2D eigenvalue weighted by molar-refractivity contribution is 5.48. The SMILES string of the molecule is CCN(CC)CCCC=O.COCC1(C)CC2CC(C)(CO)CC(CO)(C2)C1. The lowest BCUT2D eigenvalue weighted by atomic mass is 9.49. The molecular formula is C23H45NO4. The number of aliphatic hydroxyl groups excluding tert-OH is 2. The van der Waals surface area contributed by atoms with E-state index in [2.05, 4.69) is 32.6 Å². The molecule has 2 N–H and O–H groups in total. The fourth-order valence-corrected chi connectivity index (χ4v) is 6.08. The lowest BCUT2D eigenvalue weighted by molar-refractivity contribution is -0.116. The molecule has 0 radical (unpaired) electrons. The average molecular weight is 400 g/mol. The zero-order valence-electron chi connectivity index (χ0n) is 19.0. The normalized spacial score (nSPS) is 34.6. The van der Waals surface area contributed by atoms with Crippen LogP contribution in [0.3, 0.4) is 0 Å². The molecule has 2 bridgehead atoms. The Labute approximate surface area is 172 Å². The minimum absolute atomic E-state index is 0.0000481. The fraction of sp³-hybridized carbons (Fsp3) is 0.957. The van der Waals surface area contributed by atoms with Gasteiger partial charge in [0.15, 0.2) is 0 Å². The highest BCUT2D eigenvalue weighted by atomic mass is 16.5. The van der Waals surface area contributed by atoms with E-state index in [1.54, 1.807) is 7.11 Å². The molecule has 4 atom stereocenters. The number of rotatable bonds is 10. The second-order valence-corrected chi connectivity index (χ2v) is 10.0. The summed E-state index contributed by atoms with van der Waals surface area (Å²) in [7, 11) is 1.76. The van der Waals surface area contributed by atoms with Gasteiger partial charge in [-0.3, -0.25) is 0 Å². The van der Waals surface area contributed by atoms with E-state index in [0.29, 0.717) is 12.3 Å². The highest BCUT2D eigenvalue weighted by Crippen LogP contribution is 2.60. The molecule has 0 heterocycles. The number of carbonyl (C=O) groups is 1. The standard InChI is InChI=1S/C15H28O3.C8H17NO/c1-13(9-16)4-12-5-14(2,11-18-3)8-15(6-12,7-13)10-17;1-3-9(4-2)7-5-6-8-10/h12,16-17H,4-11H2,1-3H3;8H,3-7H2,1-2H3. The first-order chi connectivity index (χ1) is 13.2. The van der Waals surface area contributed by atoms with Gasteiger partial charge in [-0.15, -0.1) is 0 Å². The Kier molecular flexibility index (Phi) is 10.6. The number of aldehydes is 1. The topological polar surface area (TPSA) is 70.0 Å². The van der Waals surface area contributed by atoms with Crippen molar-refractivity contribution in [2.24, 2.45) is 22.2 Å². The third kappa shape index (κ3) is 7.40. The molecule has 28 heavy (non-hydrogen) atoms. The molecule has 0 aromatic rings. The Morgan fingerprint density at radius 1 is 1.04 bits per heavy atom. The van der Waals surface area contributed by atoms with Crippen LogP contribution in [0, 0.1) is 22.2 Å². The van der Waals surface area contributed by atoms with Gasteiger partial charge in [0.25, 0.3) is 0 Å². The summed E-state index contributed by atoms with van der Waals surface area (Å²) in [6.45, 7) is 13.3. The maximum atomic E-state index is 9.94. The van der Waals surface area contributed by atoms with Crippen molar-refractivity contribution in [3.63, 3.8) is 0 Å². The molecule has 2 aliphatic rings. The van der Waals surface area contributed by atoms with E-state index in [0.717, 1.165) is 71.1 Å². The number of carbonyl (C=O) groups excluding carboxylic acids is 1. The molecule has 0 saturated heterocycles. The molecule has 5 heteroatoms. The maximum absolute atomic E-state index is 9.94. The Morgan fingerprint density at radius 3 is 2.14 bits per heavy atom. The second kappa shape index (κ2) is 11.6.